The van der Waals surface area contributed by atoms with Gasteiger partial charge < -0.3 is 9.47 Å². The fourth-order valence-electron chi connectivity index (χ4n) is 3.58. The number of imidazole rings is 1. The first-order valence-electron chi connectivity index (χ1n) is 9.97. The number of pyridine rings is 1. The quantitative estimate of drug-likeness (QED) is 0.416. The molecule has 0 bridgehead atoms. The zero-order chi connectivity index (χ0) is 23.0. The molecule has 4 rings (SSSR count). The van der Waals surface area contributed by atoms with Gasteiger partial charge in [-0.25, -0.2) is 18.6 Å². The Morgan fingerprint density at radius 3 is 2.59 bits per heavy atom. The van der Waals surface area contributed by atoms with E-state index in [0.717, 1.165) is 16.8 Å². The van der Waals surface area contributed by atoms with Gasteiger partial charge in [-0.2, -0.15) is 5.10 Å². The number of benzene rings is 1. The summed E-state index contributed by atoms with van der Waals surface area (Å²) in [7, 11) is 1.33. The zero-order valence-electron chi connectivity index (χ0n) is 18.1. The van der Waals surface area contributed by atoms with Crippen molar-refractivity contribution in [3.8, 4) is 17.0 Å². The van der Waals surface area contributed by atoms with E-state index in [1.807, 2.05) is 24.4 Å². The van der Waals surface area contributed by atoms with Gasteiger partial charge >= 0.3 is 5.97 Å². The highest BCUT2D eigenvalue weighted by Crippen LogP contribution is 2.31. The number of carbonyl (C=O) groups excluding carboxylic acids is 1. The first-order chi connectivity index (χ1) is 15.3. The molecule has 0 aliphatic carbocycles. The van der Waals surface area contributed by atoms with Gasteiger partial charge in [0, 0.05) is 18.0 Å². The Hall–Kier alpha value is -3.75. The molecule has 0 amide bonds. The lowest BCUT2D eigenvalue weighted by Gasteiger charge is -2.11. The number of carbonyl (C=O) groups is 1. The predicted octanol–water partition coefficient (Wildman–Crippen LogP) is 4.41. The Kier molecular flexibility index (Phi) is 5.65. The van der Waals surface area contributed by atoms with Crippen LogP contribution in [0.3, 0.4) is 0 Å². The molecule has 7 nitrogen and oxygen atoms in total. The monoisotopic (exact) mass is 440 g/mol. The third kappa shape index (κ3) is 3.81. The normalized spacial score (nSPS) is 12.2. The number of aromatic nitrogens is 4. The van der Waals surface area contributed by atoms with Crippen molar-refractivity contribution in [2.75, 3.05) is 7.11 Å². The number of aryl methyl sites for hydroxylation is 2. The van der Waals surface area contributed by atoms with Crippen molar-refractivity contribution >= 4 is 11.6 Å². The average Bonchev–Trinajstić information content (AvgIpc) is 3.36. The van der Waals surface area contributed by atoms with Gasteiger partial charge in [0.25, 0.3) is 0 Å². The van der Waals surface area contributed by atoms with Gasteiger partial charge in [0.05, 0.1) is 30.3 Å². The Balaban J connectivity index is 1.73. The molecule has 1 aromatic carbocycles. The highest BCUT2D eigenvalue weighted by molar-refractivity contribution is 5.74. The number of fused-ring (bicyclic) bond motifs is 1. The molecule has 9 heteroatoms. The average molecular weight is 440 g/mol. The number of nitrogens with zero attached hydrogens (tertiary/aromatic N) is 4. The summed E-state index contributed by atoms with van der Waals surface area (Å²) in [5, 5.41) is 4.29. The Morgan fingerprint density at radius 1 is 1.19 bits per heavy atom. The number of methoxy groups -OCH3 is 1. The predicted molar refractivity (Wildman–Crippen MR) is 113 cm³/mol. The molecule has 3 heterocycles. The van der Waals surface area contributed by atoms with Gasteiger partial charge in [-0.1, -0.05) is 6.07 Å². The lowest BCUT2D eigenvalue weighted by Crippen LogP contribution is -2.17. The molecular weight excluding hydrogens is 418 g/mol. The van der Waals surface area contributed by atoms with Crippen LogP contribution in [0.15, 0.2) is 42.9 Å². The van der Waals surface area contributed by atoms with Crippen LogP contribution >= 0.6 is 0 Å². The fraction of sp³-hybridized carbons (Fsp3) is 0.261. The van der Waals surface area contributed by atoms with E-state index in [1.54, 1.807) is 25.4 Å². The molecular formula is C23H22F2N4O3. The Morgan fingerprint density at radius 2 is 1.91 bits per heavy atom. The Bertz CT molecular complexity index is 1290. The zero-order valence-corrected chi connectivity index (χ0v) is 18.1. The largest absolute Gasteiger partial charge is 0.485 e. The minimum Gasteiger partial charge on any atom is -0.485 e. The maximum atomic E-state index is 14.0. The van der Waals surface area contributed by atoms with E-state index in [9.17, 15) is 13.6 Å². The summed E-state index contributed by atoms with van der Waals surface area (Å²) in [5.41, 5.74) is 3.47. The summed E-state index contributed by atoms with van der Waals surface area (Å²) in [6.07, 6.45) is 5.28. The molecule has 4 aromatic rings. The molecule has 3 aromatic heterocycles. The van der Waals surface area contributed by atoms with E-state index in [4.69, 9.17) is 9.47 Å². The van der Waals surface area contributed by atoms with Crippen molar-refractivity contribution < 1.29 is 23.0 Å². The SMILES string of the molecule is COC(=O)C(C)n1cc(-c2c(C)nc3c(OCc4c(F)cccc4F)cc(C)cn23)cn1. The van der Waals surface area contributed by atoms with E-state index < -0.39 is 23.6 Å². The second-order valence-electron chi connectivity index (χ2n) is 7.52. The number of hydrogen-bond donors (Lipinski definition) is 0. The van der Waals surface area contributed by atoms with Crippen molar-refractivity contribution in [3.05, 3.63) is 71.3 Å². The third-order valence-corrected chi connectivity index (χ3v) is 5.25. The summed E-state index contributed by atoms with van der Waals surface area (Å²) < 4.78 is 42.0. The molecule has 1 atom stereocenters. The summed E-state index contributed by atoms with van der Waals surface area (Å²) in [6, 6.07) is 4.89. The number of ether oxygens (including phenoxy) is 2. The first-order valence-corrected chi connectivity index (χ1v) is 9.97. The van der Waals surface area contributed by atoms with Crippen LogP contribution in [0.2, 0.25) is 0 Å². The molecule has 166 valence electrons. The van der Waals surface area contributed by atoms with Crippen LogP contribution < -0.4 is 4.74 Å². The summed E-state index contributed by atoms with van der Waals surface area (Å²) in [6.45, 7) is 5.16. The summed E-state index contributed by atoms with van der Waals surface area (Å²) in [4.78, 5) is 16.5. The fourth-order valence-corrected chi connectivity index (χ4v) is 3.58. The molecule has 0 aliphatic rings. The minimum absolute atomic E-state index is 0.145. The van der Waals surface area contributed by atoms with Gasteiger partial charge in [0.15, 0.2) is 11.4 Å². The van der Waals surface area contributed by atoms with Gasteiger partial charge in [-0.05, 0) is 44.5 Å². The van der Waals surface area contributed by atoms with Crippen LogP contribution in [0.4, 0.5) is 8.78 Å². The van der Waals surface area contributed by atoms with Crippen LogP contribution in [0.25, 0.3) is 16.9 Å². The smallest absolute Gasteiger partial charge is 0.330 e. The molecule has 0 aliphatic heterocycles. The van der Waals surface area contributed by atoms with Crippen molar-refractivity contribution in [1.82, 2.24) is 19.2 Å². The van der Waals surface area contributed by atoms with E-state index in [2.05, 4.69) is 10.1 Å². The van der Waals surface area contributed by atoms with Crippen molar-refractivity contribution in [1.29, 1.82) is 0 Å². The molecule has 0 N–H and O–H groups in total. The lowest BCUT2D eigenvalue weighted by atomic mass is 10.2. The number of hydrogen-bond acceptors (Lipinski definition) is 5. The topological polar surface area (TPSA) is 70.7 Å². The number of esters is 1. The first kappa shape index (κ1) is 21.5. The van der Waals surface area contributed by atoms with Crippen molar-refractivity contribution in [3.63, 3.8) is 0 Å². The van der Waals surface area contributed by atoms with Crippen molar-refractivity contribution in [2.24, 2.45) is 0 Å². The van der Waals surface area contributed by atoms with Gasteiger partial charge in [-0.3, -0.25) is 9.08 Å². The molecule has 1 unspecified atom stereocenters. The van der Waals surface area contributed by atoms with E-state index in [0.29, 0.717) is 17.1 Å². The number of halogens is 2. The highest BCUT2D eigenvalue weighted by Gasteiger charge is 2.21. The second kappa shape index (κ2) is 8.41. The van der Waals surface area contributed by atoms with Gasteiger partial charge in [0.2, 0.25) is 0 Å². The summed E-state index contributed by atoms with van der Waals surface area (Å²) in [5.74, 6) is -1.33. The van der Waals surface area contributed by atoms with Gasteiger partial charge in [-0.15, -0.1) is 0 Å². The molecule has 0 saturated carbocycles. The highest BCUT2D eigenvalue weighted by atomic mass is 19.1. The molecule has 0 spiro atoms. The van der Waals surface area contributed by atoms with Crippen LogP contribution in [-0.4, -0.2) is 32.2 Å². The second-order valence-corrected chi connectivity index (χ2v) is 7.52. The minimum atomic E-state index is -0.666. The molecule has 32 heavy (non-hydrogen) atoms. The van der Waals surface area contributed by atoms with Crippen LogP contribution in [0.5, 0.6) is 5.75 Å². The van der Waals surface area contributed by atoms with Crippen LogP contribution in [0, 0.1) is 25.5 Å². The number of rotatable bonds is 6. The molecule has 0 radical (unpaired) electrons. The maximum absolute atomic E-state index is 14.0. The summed E-state index contributed by atoms with van der Waals surface area (Å²) >= 11 is 0. The Labute approximate surface area is 183 Å². The van der Waals surface area contributed by atoms with Gasteiger partial charge in [0.1, 0.15) is 24.3 Å². The maximum Gasteiger partial charge on any atom is 0.330 e. The molecule has 0 fully saturated rings. The standard InChI is InChI=1S/C23H22F2N4O3/c1-13-8-20(32-12-17-18(24)6-5-7-19(17)25)22-27-14(2)21(28(22)10-13)16-9-26-29(11-16)15(3)23(30)31-4/h5-11,15H,12H2,1-4H3. The van der Waals surface area contributed by atoms with Crippen LogP contribution in [-0.2, 0) is 16.1 Å². The third-order valence-electron chi connectivity index (χ3n) is 5.25. The van der Waals surface area contributed by atoms with Crippen LogP contribution in [0.1, 0.15) is 29.8 Å². The lowest BCUT2D eigenvalue weighted by molar-refractivity contribution is -0.144. The van der Waals surface area contributed by atoms with Crippen molar-refractivity contribution in [2.45, 2.75) is 33.4 Å². The van der Waals surface area contributed by atoms with E-state index in [1.165, 1.54) is 30.0 Å². The van der Waals surface area contributed by atoms with E-state index >= 15 is 0 Å². The molecule has 0 saturated heterocycles. The van der Waals surface area contributed by atoms with E-state index in [-0.39, 0.29) is 12.2 Å².